The van der Waals surface area contributed by atoms with Crippen molar-refractivity contribution in [3.8, 4) is 5.75 Å². The van der Waals surface area contributed by atoms with Crippen molar-refractivity contribution >= 4 is 17.4 Å². The number of aromatic nitrogens is 1. The Bertz CT molecular complexity index is 714. The van der Waals surface area contributed by atoms with Crippen molar-refractivity contribution in [2.75, 3.05) is 7.11 Å². The van der Waals surface area contributed by atoms with Crippen molar-refractivity contribution in [1.82, 2.24) is 4.98 Å². The third-order valence-corrected chi connectivity index (χ3v) is 3.55. The zero-order chi connectivity index (χ0) is 17.2. The second kappa shape index (κ2) is 6.58. The molecule has 0 saturated carbocycles. The first-order valence-electron chi connectivity index (χ1n) is 6.61. The van der Waals surface area contributed by atoms with Crippen LogP contribution in [0.2, 0.25) is 5.02 Å². The number of methoxy groups -OCH3 is 1. The molecule has 0 bridgehead atoms. The maximum atomic E-state index is 12.6. The molecule has 1 aromatic carbocycles. The summed E-state index contributed by atoms with van der Waals surface area (Å²) in [5.74, 6) is -0.639. The lowest BCUT2D eigenvalue weighted by Crippen LogP contribution is -2.14. The number of hydrogen-bond donors (Lipinski definition) is 0. The minimum atomic E-state index is -4.53. The third kappa shape index (κ3) is 3.82. The second-order valence-corrected chi connectivity index (χ2v) is 5.34. The molecule has 122 valence electrons. The summed E-state index contributed by atoms with van der Waals surface area (Å²) >= 11 is 5.96. The lowest BCUT2D eigenvalue weighted by Gasteiger charge is -2.18. The predicted molar refractivity (Wildman–Crippen MR) is 79.8 cm³/mol. The van der Waals surface area contributed by atoms with Crippen LogP contribution in [0, 0.1) is 0 Å². The molecule has 23 heavy (non-hydrogen) atoms. The quantitative estimate of drug-likeness (QED) is 0.821. The van der Waals surface area contributed by atoms with E-state index in [1.54, 1.807) is 18.2 Å². The highest BCUT2D eigenvalue weighted by Gasteiger charge is 2.33. The minimum absolute atomic E-state index is 0.257. The normalized spacial score (nSPS) is 12.8. The first-order chi connectivity index (χ1) is 10.7. The Labute approximate surface area is 136 Å². The predicted octanol–water partition coefficient (Wildman–Crippen LogP) is 4.48. The molecule has 1 heterocycles. The number of ketones is 1. The number of nitrogens with zero attached hydrogens (tertiary/aromatic N) is 1. The molecule has 1 unspecified atom stereocenters. The number of rotatable bonds is 4. The van der Waals surface area contributed by atoms with Crippen LogP contribution in [0.25, 0.3) is 0 Å². The average Bonchev–Trinajstić information content (AvgIpc) is 2.47. The minimum Gasteiger partial charge on any atom is -0.496 e. The van der Waals surface area contributed by atoms with Crippen LogP contribution in [0.3, 0.4) is 0 Å². The van der Waals surface area contributed by atoms with E-state index < -0.39 is 17.8 Å². The molecule has 0 radical (unpaired) electrons. The van der Waals surface area contributed by atoms with Gasteiger partial charge in [-0.3, -0.25) is 9.78 Å². The highest BCUT2D eigenvalue weighted by Crippen LogP contribution is 2.35. The summed E-state index contributed by atoms with van der Waals surface area (Å²) in [7, 11) is 1.44. The number of alkyl halides is 3. The Morgan fingerprint density at radius 1 is 1.26 bits per heavy atom. The number of pyridine rings is 1. The summed E-state index contributed by atoms with van der Waals surface area (Å²) in [5, 5.41) is 0.395. The van der Waals surface area contributed by atoms with Gasteiger partial charge >= 0.3 is 6.18 Å². The molecule has 0 saturated heterocycles. The Morgan fingerprint density at radius 2 is 1.96 bits per heavy atom. The van der Waals surface area contributed by atoms with Gasteiger partial charge in [-0.05, 0) is 36.8 Å². The smallest absolute Gasteiger partial charge is 0.433 e. The van der Waals surface area contributed by atoms with E-state index in [4.69, 9.17) is 16.3 Å². The summed E-state index contributed by atoms with van der Waals surface area (Å²) < 4.78 is 43.0. The van der Waals surface area contributed by atoms with Crippen molar-refractivity contribution in [2.45, 2.75) is 19.0 Å². The summed E-state index contributed by atoms with van der Waals surface area (Å²) in [5.41, 5.74) is -0.193. The highest BCUT2D eigenvalue weighted by atomic mass is 35.5. The topological polar surface area (TPSA) is 39.2 Å². The molecule has 2 rings (SSSR count). The molecule has 0 aliphatic heterocycles. The fourth-order valence-electron chi connectivity index (χ4n) is 2.31. The van der Waals surface area contributed by atoms with Crippen molar-refractivity contribution < 1.29 is 22.7 Å². The van der Waals surface area contributed by atoms with Gasteiger partial charge in [-0.15, -0.1) is 0 Å². The second-order valence-electron chi connectivity index (χ2n) is 4.90. The van der Waals surface area contributed by atoms with Crippen LogP contribution in [-0.2, 0) is 11.0 Å². The van der Waals surface area contributed by atoms with Crippen LogP contribution in [0.4, 0.5) is 13.2 Å². The molecule has 0 fully saturated rings. The molecule has 0 amide bonds. The van der Waals surface area contributed by atoms with Crippen LogP contribution in [-0.4, -0.2) is 17.9 Å². The molecule has 0 N–H and O–H groups in total. The standard InChI is InChI=1S/C16H13ClF3NO2/c1-9(22)15(12-7-11(17)4-5-13(12)23-2)10-3-6-14(21-8-10)16(18,19)20/h3-8,15H,1-2H3. The van der Waals surface area contributed by atoms with Gasteiger partial charge in [-0.2, -0.15) is 13.2 Å². The maximum Gasteiger partial charge on any atom is 0.433 e. The molecule has 3 nitrogen and oxygen atoms in total. The van der Waals surface area contributed by atoms with Gasteiger partial charge in [-0.25, -0.2) is 0 Å². The van der Waals surface area contributed by atoms with Crippen molar-refractivity contribution in [1.29, 1.82) is 0 Å². The summed E-state index contributed by atoms with van der Waals surface area (Å²) in [6, 6.07) is 6.85. The van der Waals surface area contributed by atoms with E-state index in [0.717, 1.165) is 12.3 Å². The number of carbonyl (C=O) groups excluding carboxylic acids is 1. The van der Waals surface area contributed by atoms with Crippen molar-refractivity contribution in [2.24, 2.45) is 0 Å². The first-order valence-corrected chi connectivity index (χ1v) is 6.99. The van der Waals surface area contributed by atoms with Crippen LogP contribution >= 0.6 is 11.6 Å². The molecule has 0 aliphatic rings. The number of hydrogen-bond acceptors (Lipinski definition) is 3. The number of ether oxygens (including phenoxy) is 1. The molecular weight excluding hydrogens is 331 g/mol. The summed E-state index contributed by atoms with van der Waals surface area (Å²) in [4.78, 5) is 15.5. The first kappa shape index (κ1) is 17.3. The molecule has 7 heteroatoms. The summed E-state index contributed by atoms with van der Waals surface area (Å²) in [6.07, 6.45) is -3.48. The lowest BCUT2D eigenvalue weighted by atomic mass is 9.88. The van der Waals surface area contributed by atoms with Crippen LogP contribution in [0.15, 0.2) is 36.5 Å². The van der Waals surface area contributed by atoms with Gasteiger partial charge in [0.15, 0.2) is 0 Å². The SMILES string of the molecule is COc1ccc(Cl)cc1C(C(C)=O)c1ccc(C(F)(F)F)nc1. The number of Topliss-reactive ketones (excluding diaryl/α,β-unsaturated/α-hetero) is 1. The van der Waals surface area contributed by atoms with E-state index in [2.05, 4.69) is 4.98 Å². The van der Waals surface area contributed by atoms with E-state index in [-0.39, 0.29) is 5.78 Å². The van der Waals surface area contributed by atoms with E-state index in [1.807, 2.05) is 0 Å². The maximum absolute atomic E-state index is 12.6. The molecular formula is C16H13ClF3NO2. The number of benzene rings is 1. The van der Waals surface area contributed by atoms with Gasteiger partial charge in [0.2, 0.25) is 0 Å². The third-order valence-electron chi connectivity index (χ3n) is 3.32. The van der Waals surface area contributed by atoms with Crippen LogP contribution in [0.5, 0.6) is 5.75 Å². The zero-order valence-electron chi connectivity index (χ0n) is 12.3. The van der Waals surface area contributed by atoms with Crippen molar-refractivity contribution in [3.05, 3.63) is 58.4 Å². The van der Waals surface area contributed by atoms with Gasteiger partial charge in [-0.1, -0.05) is 17.7 Å². The van der Waals surface area contributed by atoms with Crippen LogP contribution in [0.1, 0.15) is 29.7 Å². The molecule has 0 aliphatic carbocycles. The largest absolute Gasteiger partial charge is 0.496 e. The zero-order valence-corrected chi connectivity index (χ0v) is 13.1. The van der Waals surface area contributed by atoms with Gasteiger partial charge in [0.1, 0.15) is 17.2 Å². The Kier molecular flexibility index (Phi) is 4.94. The number of carbonyl (C=O) groups is 1. The van der Waals surface area contributed by atoms with E-state index >= 15 is 0 Å². The van der Waals surface area contributed by atoms with Crippen molar-refractivity contribution in [3.63, 3.8) is 0 Å². The van der Waals surface area contributed by atoms with Gasteiger partial charge in [0.05, 0.1) is 13.0 Å². The van der Waals surface area contributed by atoms with E-state index in [9.17, 15) is 18.0 Å². The Hall–Kier alpha value is -2.08. The molecule has 0 spiro atoms. The van der Waals surface area contributed by atoms with Crippen LogP contribution < -0.4 is 4.74 Å². The Morgan fingerprint density at radius 3 is 2.43 bits per heavy atom. The van der Waals surface area contributed by atoms with Gasteiger partial charge in [0, 0.05) is 16.8 Å². The lowest BCUT2D eigenvalue weighted by molar-refractivity contribution is -0.141. The number of halogens is 4. The molecule has 1 atom stereocenters. The van der Waals surface area contributed by atoms with Gasteiger partial charge < -0.3 is 4.74 Å². The monoisotopic (exact) mass is 343 g/mol. The molecule has 2 aromatic rings. The van der Waals surface area contributed by atoms with E-state index in [1.165, 1.54) is 20.1 Å². The Balaban J connectivity index is 2.52. The summed E-state index contributed by atoms with van der Waals surface area (Å²) in [6.45, 7) is 1.35. The van der Waals surface area contributed by atoms with Gasteiger partial charge in [0.25, 0.3) is 0 Å². The highest BCUT2D eigenvalue weighted by molar-refractivity contribution is 6.30. The fourth-order valence-corrected chi connectivity index (χ4v) is 2.49. The fraction of sp³-hybridized carbons (Fsp3) is 0.250. The molecule has 1 aromatic heterocycles. The van der Waals surface area contributed by atoms with E-state index in [0.29, 0.717) is 21.9 Å². The average molecular weight is 344 g/mol.